The van der Waals surface area contributed by atoms with Gasteiger partial charge in [-0.05, 0) is 94.5 Å². The van der Waals surface area contributed by atoms with Crippen molar-refractivity contribution in [1.82, 2.24) is 0 Å². The Bertz CT molecular complexity index is 1980. The lowest BCUT2D eigenvalue weighted by molar-refractivity contribution is -0.162. The van der Waals surface area contributed by atoms with E-state index >= 15 is 0 Å². The molecule has 0 unspecified atom stereocenters. The number of nitrogens with two attached hydrogens (primary N) is 2. The highest BCUT2D eigenvalue weighted by atomic mass is 19.4. The van der Waals surface area contributed by atoms with Gasteiger partial charge in [0, 0.05) is 16.8 Å². The summed E-state index contributed by atoms with van der Waals surface area (Å²) >= 11 is 0. The number of hydrogen-bond acceptors (Lipinski definition) is 4. The molecule has 4 aromatic carbocycles. The molecular weight excluding hydrogens is 732 g/mol. The lowest BCUT2D eigenvalue weighted by atomic mass is 9.72. The lowest BCUT2D eigenvalue weighted by Crippen LogP contribution is -2.27. The van der Waals surface area contributed by atoms with Crippen LogP contribution in [0.4, 0.5) is 64.1 Å². The number of benzene rings is 4. The Morgan fingerprint density at radius 1 is 0.453 bits per heavy atom. The van der Waals surface area contributed by atoms with Crippen LogP contribution < -0.4 is 20.9 Å². The Hall–Kier alpha value is -4.76. The van der Waals surface area contributed by atoms with Crippen LogP contribution in [0.2, 0.25) is 0 Å². The van der Waals surface area contributed by atoms with Crippen molar-refractivity contribution in [1.29, 1.82) is 0 Å². The molecule has 1 spiro atoms. The Kier molecular flexibility index (Phi) is 8.33. The van der Waals surface area contributed by atoms with Gasteiger partial charge in [-0.25, -0.2) is 0 Å². The summed E-state index contributed by atoms with van der Waals surface area (Å²) in [6, 6.07) is 11.4. The van der Waals surface area contributed by atoms with E-state index in [0.717, 1.165) is 11.1 Å². The Morgan fingerprint density at radius 3 is 1.08 bits per heavy atom. The van der Waals surface area contributed by atoms with Gasteiger partial charge in [0.2, 0.25) is 0 Å². The maximum Gasteiger partial charge on any atom is 0.420 e. The highest BCUT2D eigenvalue weighted by Gasteiger charge is 2.57. The van der Waals surface area contributed by atoms with E-state index in [0.29, 0.717) is 48.2 Å². The second kappa shape index (κ2) is 11.6. The topological polar surface area (TPSA) is 70.5 Å². The molecule has 0 saturated carbocycles. The number of rotatable bonds is 4. The number of nitrogen functional groups attached to an aromatic ring is 2. The molecule has 0 heterocycles. The van der Waals surface area contributed by atoms with E-state index in [9.17, 15) is 52.7 Å². The fourth-order valence-electron chi connectivity index (χ4n) is 8.23. The summed E-state index contributed by atoms with van der Waals surface area (Å²) in [5, 5.41) is 0. The quantitative estimate of drug-likeness (QED) is 0.160. The van der Waals surface area contributed by atoms with Gasteiger partial charge in [-0.3, -0.25) is 0 Å². The third kappa shape index (κ3) is 6.37. The average molecular weight is 763 g/mol. The maximum absolute atomic E-state index is 14.1. The van der Waals surface area contributed by atoms with E-state index in [2.05, 4.69) is 0 Å². The van der Waals surface area contributed by atoms with Crippen molar-refractivity contribution in [3.05, 3.63) is 105 Å². The summed E-state index contributed by atoms with van der Waals surface area (Å²) in [5.41, 5.74) is 0.258. The van der Waals surface area contributed by atoms with Crippen LogP contribution in [0, 0.1) is 0 Å². The van der Waals surface area contributed by atoms with Gasteiger partial charge < -0.3 is 20.9 Å². The van der Waals surface area contributed by atoms with Crippen molar-refractivity contribution in [3.8, 4) is 23.0 Å². The van der Waals surface area contributed by atoms with Crippen LogP contribution in [0.1, 0.15) is 85.0 Å². The molecule has 0 aliphatic heterocycles. The van der Waals surface area contributed by atoms with Crippen molar-refractivity contribution in [2.75, 3.05) is 11.5 Å². The van der Waals surface area contributed by atoms with E-state index < -0.39 is 86.1 Å². The zero-order valence-corrected chi connectivity index (χ0v) is 28.2. The predicted octanol–water partition coefficient (Wildman–Crippen LogP) is 12.2. The summed E-state index contributed by atoms with van der Waals surface area (Å²) in [7, 11) is 0. The summed E-state index contributed by atoms with van der Waals surface area (Å²) in [4.78, 5) is 0. The number of anilines is 2. The number of alkyl halides is 12. The Morgan fingerprint density at radius 2 is 0.774 bits per heavy atom. The van der Waals surface area contributed by atoms with E-state index in [-0.39, 0.29) is 11.5 Å². The zero-order chi connectivity index (χ0) is 39.5. The molecular formula is C37H30F12N2O2. The highest BCUT2D eigenvalue weighted by Crippen LogP contribution is 2.64. The Balaban J connectivity index is 1.50. The van der Waals surface area contributed by atoms with E-state index in [1.54, 1.807) is 12.1 Å². The second-order valence-corrected chi connectivity index (χ2v) is 14.6. The van der Waals surface area contributed by atoms with Crippen LogP contribution in [-0.4, -0.2) is 0 Å². The molecule has 4 aromatic rings. The van der Waals surface area contributed by atoms with Crippen molar-refractivity contribution in [2.45, 2.75) is 81.5 Å². The van der Waals surface area contributed by atoms with Crippen molar-refractivity contribution in [3.63, 3.8) is 0 Å². The van der Waals surface area contributed by atoms with Gasteiger partial charge in [-0.1, -0.05) is 39.8 Å². The zero-order valence-electron chi connectivity index (χ0n) is 28.2. The fraction of sp³-hybridized carbons (Fsp3) is 0.351. The molecule has 0 saturated heterocycles. The Labute approximate surface area is 294 Å². The van der Waals surface area contributed by atoms with Gasteiger partial charge in [0.15, 0.2) is 0 Å². The average Bonchev–Trinajstić information content (AvgIpc) is 3.35. The fourth-order valence-corrected chi connectivity index (χ4v) is 8.23. The molecule has 53 heavy (non-hydrogen) atoms. The van der Waals surface area contributed by atoms with E-state index in [4.69, 9.17) is 20.9 Å². The van der Waals surface area contributed by atoms with Crippen LogP contribution >= 0.6 is 0 Å². The standard InChI is InChI=1S/C37H30F12N2O2/c1-31(2)15-33(21-13-17(5-7-19(21)31)52-25-11-9-23(50)27(34(38,39)40)29(25)36(44,45)46)16-32(3,4)20-8-6-18(14-22(20)33)53-26-12-10-24(51)28(35(41,42)43)30(26)37(47,48)49/h5-14H,15-16,50-51H2,1-4H3. The van der Waals surface area contributed by atoms with Gasteiger partial charge in [-0.15, -0.1) is 0 Å². The summed E-state index contributed by atoms with van der Waals surface area (Å²) in [5.74, 6) is -2.76. The third-order valence-corrected chi connectivity index (χ3v) is 9.95. The molecule has 0 amide bonds. The summed E-state index contributed by atoms with van der Waals surface area (Å²) in [6.45, 7) is 7.58. The molecule has 2 aliphatic carbocycles. The first-order valence-electron chi connectivity index (χ1n) is 15.9. The summed E-state index contributed by atoms with van der Waals surface area (Å²) in [6.07, 6.45) is -21.3. The smallest absolute Gasteiger partial charge is 0.420 e. The predicted molar refractivity (Wildman–Crippen MR) is 171 cm³/mol. The normalized spacial score (nSPS) is 17.5. The van der Waals surface area contributed by atoms with Gasteiger partial charge in [0.05, 0.1) is 11.1 Å². The number of fused-ring (bicyclic) bond motifs is 4. The van der Waals surface area contributed by atoms with Gasteiger partial charge in [-0.2, -0.15) is 52.7 Å². The third-order valence-electron chi connectivity index (χ3n) is 9.95. The largest absolute Gasteiger partial charge is 0.457 e. The van der Waals surface area contributed by atoms with Crippen LogP contribution in [0.5, 0.6) is 23.0 Å². The number of halogens is 12. The lowest BCUT2D eigenvalue weighted by Gasteiger charge is -2.31. The number of ether oxygens (including phenoxy) is 2. The summed E-state index contributed by atoms with van der Waals surface area (Å²) < 4.78 is 179. The second-order valence-electron chi connectivity index (χ2n) is 14.6. The van der Waals surface area contributed by atoms with Crippen molar-refractivity contribution >= 4 is 11.4 Å². The molecule has 0 radical (unpaired) electrons. The molecule has 6 rings (SSSR count). The van der Waals surface area contributed by atoms with Crippen LogP contribution in [-0.2, 0) is 41.0 Å². The minimum Gasteiger partial charge on any atom is -0.457 e. The molecule has 4 nitrogen and oxygen atoms in total. The van der Waals surface area contributed by atoms with E-state index in [1.807, 2.05) is 27.7 Å². The first-order valence-corrected chi connectivity index (χ1v) is 15.9. The highest BCUT2D eigenvalue weighted by molar-refractivity contribution is 5.64. The molecule has 284 valence electrons. The van der Waals surface area contributed by atoms with Crippen LogP contribution in [0.3, 0.4) is 0 Å². The van der Waals surface area contributed by atoms with Crippen molar-refractivity contribution < 1.29 is 62.2 Å². The molecule has 2 aliphatic rings. The monoisotopic (exact) mass is 762 g/mol. The molecule has 16 heteroatoms. The number of hydrogen-bond donors (Lipinski definition) is 2. The molecule has 4 N–H and O–H groups in total. The molecule has 0 aromatic heterocycles. The molecule has 0 atom stereocenters. The van der Waals surface area contributed by atoms with Crippen LogP contribution in [0.15, 0.2) is 60.7 Å². The first kappa shape index (κ1) is 38.0. The maximum atomic E-state index is 14.1. The van der Waals surface area contributed by atoms with Crippen molar-refractivity contribution in [2.24, 2.45) is 0 Å². The minimum absolute atomic E-state index is 0.237. The van der Waals surface area contributed by atoms with Gasteiger partial charge in [0.1, 0.15) is 34.1 Å². The molecule has 0 fully saturated rings. The SMILES string of the molecule is CC1(C)CC2(CC(C)(C)c3ccc(Oc4ccc(N)c(C(F)(F)F)c4C(F)(F)F)cc32)c2cc(Oc3ccc(N)c(C(F)(F)F)c3C(F)(F)F)ccc21. The van der Waals surface area contributed by atoms with Crippen LogP contribution in [0.25, 0.3) is 0 Å². The van der Waals surface area contributed by atoms with Gasteiger partial charge >= 0.3 is 24.7 Å². The molecule has 0 bridgehead atoms. The minimum atomic E-state index is -5.52. The van der Waals surface area contributed by atoms with Gasteiger partial charge in [0.25, 0.3) is 0 Å². The van der Waals surface area contributed by atoms with E-state index in [1.165, 1.54) is 24.3 Å². The first-order chi connectivity index (χ1) is 24.1.